The zero-order valence-electron chi connectivity index (χ0n) is 21.4. The van der Waals surface area contributed by atoms with E-state index in [1.165, 1.54) is 31.6 Å². The first-order valence-corrected chi connectivity index (χ1v) is 12.4. The number of methoxy groups -OCH3 is 1. The maximum absolute atomic E-state index is 13.9. The highest BCUT2D eigenvalue weighted by Gasteiger charge is 2.44. The minimum Gasteiger partial charge on any atom is -0.493 e. The van der Waals surface area contributed by atoms with Gasteiger partial charge in [0.05, 0.1) is 24.4 Å². The zero-order chi connectivity index (χ0) is 27.4. The molecule has 0 aliphatic carbocycles. The van der Waals surface area contributed by atoms with Crippen LogP contribution < -0.4 is 14.4 Å². The third-order valence-electron chi connectivity index (χ3n) is 6.65. The fourth-order valence-corrected chi connectivity index (χ4v) is 4.74. The number of rotatable bonds is 7. The molecule has 2 aliphatic rings. The van der Waals surface area contributed by atoms with E-state index >= 15 is 0 Å². The van der Waals surface area contributed by atoms with Gasteiger partial charge >= 0.3 is 6.09 Å². The molecule has 3 aromatic rings. The molecule has 1 unspecified atom stereocenters. The van der Waals surface area contributed by atoms with Crippen LogP contribution in [0.1, 0.15) is 27.9 Å². The van der Waals surface area contributed by atoms with E-state index in [0.29, 0.717) is 24.5 Å². The summed E-state index contributed by atoms with van der Waals surface area (Å²) in [5.74, 6) is 0.264. The summed E-state index contributed by atoms with van der Waals surface area (Å²) in [6, 6.07) is 11.8. The lowest BCUT2D eigenvalue weighted by atomic mass is 9.96. The van der Waals surface area contributed by atoms with Crippen molar-refractivity contribution in [3.8, 4) is 11.5 Å². The van der Waals surface area contributed by atoms with Gasteiger partial charge in [-0.1, -0.05) is 49.1 Å². The molecule has 2 amide bonds. The van der Waals surface area contributed by atoms with E-state index in [1.54, 1.807) is 23.4 Å². The number of aromatic nitrogens is 2. The highest BCUT2D eigenvalue weighted by atomic mass is 16.6. The van der Waals surface area contributed by atoms with E-state index in [2.05, 4.69) is 16.5 Å². The molecule has 0 radical (unpaired) electrons. The van der Waals surface area contributed by atoms with Gasteiger partial charge in [-0.05, 0) is 23.6 Å². The van der Waals surface area contributed by atoms with Crippen molar-refractivity contribution in [3.05, 3.63) is 96.6 Å². The minimum absolute atomic E-state index is 0.0737. The molecule has 1 N–H and O–H groups in total. The van der Waals surface area contributed by atoms with Crippen LogP contribution in [0.15, 0.2) is 79.9 Å². The maximum atomic E-state index is 13.9. The number of fused-ring (bicyclic) bond motifs is 2. The standard InChI is InChI=1S/C29H28N4O6/c1-3-11-38-29(36)33-23-14-26(39-17-19-7-5-4-6-8-19)25(37-2)13-22(23)27(34)32-10-9-20(12-24(32)28(33)35)21-15-30-18-31-16-21/h3-8,12-16,18,24,28,35H,1,9-11,17H2,2H3/t24-,28?/m0/s1. The second-order valence-corrected chi connectivity index (χ2v) is 9.00. The third-order valence-corrected chi connectivity index (χ3v) is 6.65. The number of benzene rings is 2. The van der Waals surface area contributed by atoms with Crippen LogP contribution in [-0.4, -0.2) is 64.5 Å². The second-order valence-electron chi connectivity index (χ2n) is 9.00. The van der Waals surface area contributed by atoms with Crippen LogP contribution in [0.2, 0.25) is 0 Å². The highest BCUT2D eigenvalue weighted by molar-refractivity contribution is 6.06. The Morgan fingerprint density at radius 3 is 2.67 bits per heavy atom. The molecule has 10 heteroatoms. The van der Waals surface area contributed by atoms with E-state index in [-0.39, 0.29) is 30.4 Å². The molecule has 2 aromatic carbocycles. The molecule has 1 aromatic heterocycles. The molecule has 200 valence electrons. The fourth-order valence-electron chi connectivity index (χ4n) is 4.74. The maximum Gasteiger partial charge on any atom is 0.416 e. The number of aliphatic hydroxyl groups excluding tert-OH is 1. The summed E-state index contributed by atoms with van der Waals surface area (Å²) in [6.45, 7) is 4.06. The number of anilines is 1. The molecule has 0 spiro atoms. The smallest absolute Gasteiger partial charge is 0.416 e. The molecule has 2 atom stereocenters. The Kier molecular flexibility index (Phi) is 7.55. The predicted octanol–water partition coefficient (Wildman–Crippen LogP) is 3.82. The number of nitrogens with zero attached hydrogens (tertiary/aromatic N) is 4. The highest BCUT2D eigenvalue weighted by Crippen LogP contribution is 2.41. The van der Waals surface area contributed by atoms with Gasteiger partial charge < -0.3 is 24.2 Å². The van der Waals surface area contributed by atoms with E-state index < -0.39 is 18.4 Å². The first-order valence-electron chi connectivity index (χ1n) is 12.4. The van der Waals surface area contributed by atoms with Gasteiger partial charge in [0, 0.05) is 30.6 Å². The SMILES string of the molecule is C=CCOC(=O)N1c2cc(OCc3ccccc3)c(OC)cc2C(=O)N2CCC(c3cncnc3)=C[C@H]2C1O. The number of ether oxygens (including phenoxy) is 3. The molecule has 3 heterocycles. The molecule has 2 aliphatic heterocycles. The lowest BCUT2D eigenvalue weighted by molar-refractivity contribution is 0.0476. The summed E-state index contributed by atoms with van der Waals surface area (Å²) in [5.41, 5.74) is 2.89. The van der Waals surface area contributed by atoms with Crippen molar-refractivity contribution < 1.29 is 28.9 Å². The fraction of sp³-hybridized carbons (Fsp3) is 0.241. The van der Waals surface area contributed by atoms with Crippen LogP contribution in [0.3, 0.4) is 0 Å². The lowest BCUT2D eigenvalue weighted by Crippen LogP contribution is -2.54. The Labute approximate surface area is 225 Å². The van der Waals surface area contributed by atoms with Gasteiger partial charge in [0.25, 0.3) is 5.91 Å². The Hall–Kier alpha value is -4.70. The number of amides is 2. The van der Waals surface area contributed by atoms with Crippen LogP contribution >= 0.6 is 0 Å². The van der Waals surface area contributed by atoms with Gasteiger partial charge in [0.15, 0.2) is 17.7 Å². The van der Waals surface area contributed by atoms with Crippen molar-refractivity contribution in [2.24, 2.45) is 0 Å². The second kappa shape index (κ2) is 11.4. The first-order chi connectivity index (χ1) is 19.0. The molecule has 0 saturated carbocycles. The van der Waals surface area contributed by atoms with Crippen molar-refractivity contribution in [3.63, 3.8) is 0 Å². The number of carbonyl (C=O) groups excluding carboxylic acids is 2. The zero-order valence-corrected chi connectivity index (χ0v) is 21.4. The Morgan fingerprint density at radius 2 is 1.95 bits per heavy atom. The summed E-state index contributed by atoms with van der Waals surface area (Å²) in [5, 5.41) is 11.6. The summed E-state index contributed by atoms with van der Waals surface area (Å²) in [7, 11) is 1.48. The van der Waals surface area contributed by atoms with E-state index in [4.69, 9.17) is 14.2 Å². The predicted molar refractivity (Wildman–Crippen MR) is 143 cm³/mol. The van der Waals surface area contributed by atoms with E-state index in [0.717, 1.165) is 21.6 Å². The first kappa shape index (κ1) is 25.9. The molecule has 0 fully saturated rings. The van der Waals surface area contributed by atoms with Crippen LogP contribution in [0, 0.1) is 0 Å². The summed E-state index contributed by atoms with van der Waals surface area (Å²) in [6.07, 6.45) is 6.21. The number of hydrogen-bond donors (Lipinski definition) is 1. The molecule has 10 nitrogen and oxygen atoms in total. The molecule has 0 saturated heterocycles. The van der Waals surface area contributed by atoms with Gasteiger partial charge in [-0.15, -0.1) is 0 Å². The number of aliphatic hydroxyl groups is 1. The Balaban J connectivity index is 1.59. The van der Waals surface area contributed by atoms with Crippen LogP contribution in [0.4, 0.5) is 10.5 Å². The minimum atomic E-state index is -1.46. The lowest BCUT2D eigenvalue weighted by Gasteiger charge is -2.37. The summed E-state index contributed by atoms with van der Waals surface area (Å²) in [4.78, 5) is 38.0. The van der Waals surface area contributed by atoms with Gasteiger partial charge in [-0.25, -0.2) is 19.7 Å². The molecular weight excluding hydrogens is 500 g/mol. The summed E-state index contributed by atoms with van der Waals surface area (Å²) >= 11 is 0. The largest absolute Gasteiger partial charge is 0.493 e. The van der Waals surface area contributed by atoms with Crippen molar-refractivity contribution in [1.29, 1.82) is 0 Å². The molecular formula is C29H28N4O6. The molecule has 5 rings (SSSR count). The average Bonchev–Trinajstić information content (AvgIpc) is 3.07. The molecule has 39 heavy (non-hydrogen) atoms. The van der Waals surface area contributed by atoms with Crippen LogP contribution in [0.25, 0.3) is 5.57 Å². The number of carbonyl (C=O) groups is 2. The normalized spacial score (nSPS) is 18.3. The summed E-state index contributed by atoms with van der Waals surface area (Å²) < 4.78 is 16.9. The number of hydrogen-bond acceptors (Lipinski definition) is 8. The van der Waals surface area contributed by atoms with Crippen molar-refractivity contribution in [2.45, 2.75) is 25.3 Å². The van der Waals surface area contributed by atoms with E-state index in [9.17, 15) is 14.7 Å². The molecule has 0 bridgehead atoms. The third kappa shape index (κ3) is 5.19. The van der Waals surface area contributed by atoms with Gasteiger partial charge in [-0.2, -0.15) is 0 Å². The Morgan fingerprint density at radius 1 is 1.18 bits per heavy atom. The quantitative estimate of drug-likeness (QED) is 0.461. The van der Waals surface area contributed by atoms with Crippen molar-refractivity contribution >= 4 is 23.3 Å². The van der Waals surface area contributed by atoms with Gasteiger partial charge in [-0.3, -0.25) is 4.79 Å². The van der Waals surface area contributed by atoms with Crippen molar-refractivity contribution in [1.82, 2.24) is 14.9 Å². The monoisotopic (exact) mass is 528 g/mol. The van der Waals surface area contributed by atoms with Crippen molar-refractivity contribution in [2.75, 3.05) is 25.2 Å². The van der Waals surface area contributed by atoms with Gasteiger partial charge in [0.1, 0.15) is 19.5 Å². The van der Waals surface area contributed by atoms with E-state index in [1.807, 2.05) is 30.3 Å². The Bertz CT molecular complexity index is 1400. The van der Waals surface area contributed by atoms with Crippen LogP contribution in [0.5, 0.6) is 11.5 Å². The topological polar surface area (TPSA) is 114 Å². The van der Waals surface area contributed by atoms with Gasteiger partial charge in [0.2, 0.25) is 0 Å². The average molecular weight is 529 g/mol. The van der Waals surface area contributed by atoms with Crippen LogP contribution in [-0.2, 0) is 11.3 Å².